The Balaban J connectivity index is 2.23. The summed E-state index contributed by atoms with van der Waals surface area (Å²) in [6.07, 6.45) is 1.93. The van der Waals surface area contributed by atoms with Crippen LogP contribution in [0.5, 0.6) is 0 Å². The Kier molecular flexibility index (Phi) is 4.36. The van der Waals surface area contributed by atoms with Gasteiger partial charge in [-0.25, -0.2) is 4.98 Å². The topological polar surface area (TPSA) is 25.4 Å². The average Bonchev–Trinajstić information content (AvgIpc) is 2.34. The summed E-state index contributed by atoms with van der Waals surface area (Å²) in [7, 11) is 1.97. The van der Waals surface area contributed by atoms with E-state index >= 15 is 0 Å². The van der Waals surface area contributed by atoms with Crippen molar-refractivity contribution < 1.29 is 4.74 Å². The fourth-order valence-electron chi connectivity index (χ4n) is 1.93. The van der Waals surface area contributed by atoms with Crippen molar-refractivity contribution in [3.05, 3.63) is 21.3 Å². The molecule has 6 heteroatoms. The molecule has 0 spiro atoms. The van der Waals surface area contributed by atoms with E-state index < -0.39 is 0 Å². The first-order valence-corrected chi connectivity index (χ1v) is 6.55. The van der Waals surface area contributed by atoms with Crippen molar-refractivity contribution in [2.45, 2.75) is 18.9 Å². The van der Waals surface area contributed by atoms with E-state index in [2.05, 4.69) is 4.98 Å². The van der Waals surface area contributed by atoms with E-state index in [0.29, 0.717) is 21.9 Å². The first kappa shape index (κ1) is 13.2. The van der Waals surface area contributed by atoms with Crippen LogP contribution in [0, 0.1) is 0 Å². The summed E-state index contributed by atoms with van der Waals surface area (Å²) in [5.74, 6) is 0.674. The van der Waals surface area contributed by atoms with E-state index in [1.165, 1.54) is 0 Å². The molecule has 1 aliphatic heterocycles. The van der Waals surface area contributed by atoms with Crippen LogP contribution in [0.15, 0.2) is 6.07 Å². The molecule has 0 saturated carbocycles. The Bertz CT molecular complexity index is 408. The first-order valence-electron chi connectivity index (χ1n) is 5.41. The first-order chi connectivity index (χ1) is 8.09. The predicted molar refractivity (Wildman–Crippen MR) is 71.5 cm³/mol. The smallest absolute Gasteiger partial charge is 0.150 e. The molecule has 2 rings (SSSR count). The molecule has 0 atom stereocenters. The third-order valence-electron chi connectivity index (χ3n) is 2.94. The minimum Gasteiger partial charge on any atom is -0.381 e. The van der Waals surface area contributed by atoms with Gasteiger partial charge in [0.05, 0.1) is 10.0 Å². The third kappa shape index (κ3) is 2.97. The van der Waals surface area contributed by atoms with E-state index in [4.69, 9.17) is 39.5 Å². The van der Waals surface area contributed by atoms with Crippen molar-refractivity contribution >= 4 is 40.6 Å². The van der Waals surface area contributed by atoms with Crippen LogP contribution in [0.4, 0.5) is 5.82 Å². The van der Waals surface area contributed by atoms with Crippen LogP contribution in [0.3, 0.4) is 0 Å². The number of hydrogen-bond acceptors (Lipinski definition) is 3. The minimum absolute atomic E-state index is 0.282. The van der Waals surface area contributed by atoms with Gasteiger partial charge in [-0.1, -0.05) is 34.8 Å². The third-order valence-corrected chi connectivity index (χ3v) is 3.89. The quantitative estimate of drug-likeness (QED) is 0.779. The molecule has 1 fully saturated rings. The Morgan fingerprint density at radius 2 is 1.88 bits per heavy atom. The monoisotopic (exact) mass is 294 g/mol. The molecule has 0 amide bonds. The Morgan fingerprint density at radius 1 is 1.24 bits per heavy atom. The molecule has 2 heterocycles. The number of anilines is 1. The van der Waals surface area contributed by atoms with Crippen LogP contribution in [0.2, 0.25) is 15.2 Å². The highest BCUT2D eigenvalue weighted by molar-refractivity contribution is 6.42. The number of hydrogen-bond donors (Lipinski definition) is 0. The maximum Gasteiger partial charge on any atom is 0.150 e. The number of halogens is 3. The van der Waals surface area contributed by atoms with Gasteiger partial charge in [0.15, 0.2) is 0 Å². The summed E-state index contributed by atoms with van der Waals surface area (Å²) in [5.41, 5.74) is 0. The summed E-state index contributed by atoms with van der Waals surface area (Å²) >= 11 is 17.9. The van der Waals surface area contributed by atoms with Crippen molar-refractivity contribution in [2.24, 2.45) is 0 Å². The highest BCUT2D eigenvalue weighted by atomic mass is 35.5. The maximum atomic E-state index is 6.14. The minimum atomic E-state index is 0.282. The molecule has 0 aromatic carbocycles. The largest absolute Gasteiger partial charge is 0.381 e. The van der Waals surface area contributed by atoms with Gasteiger partial charge >= 0.3 is 0 Å². The highest BCUT2D eigenvalue weighted by Gasteiger charge is 2.22. The van der Waals surface area contributed by atoms with Gasteiger partial charge in [0.2, 0.25) is 0 Å². The molecule has 94 valence electrons. The average molecular weight is 296 g/mol. The van der Waals surface area contributed by atoms with Crippen molar-refractivity contribution in [1.29, 1.82) is 0 Å². The molecule has 17 heavy (non-hydrogen) atoms. The second-order valence-electron chi connectivity index (χ2n) is 4.02. The maximum absolute atomic E-state index is 6.14. The summed E-state index contributed by atoms with van der Waals surface area (Å²) < 4.78 is 5.33. The summed E-state index contributed by atoms with van der Waals surface area (Å²) in [6, 6.07) is 2.01. The highest BCUT2D eigenvalue weighted by Crippen LogP contribution is 2.32. The lowest BCUT2D eigenvalue weighted by Crippen LogP contribution is -2.37. The second kappa shape index (κ2) is 5.61. The van der Waals surface area contributed by atoms with Crippen LogP contribution < -0.4 is 4.90 Å². The summed E-state index contributed by atoms with van der Waals surface area (Å²) in [5, 5.41) is 1.18. The van der Waals surface area contributed by atoms with Crippen LogP contribution in [-0.4, -0.2) is 31.3 Å². The predicted octanol–water partition coefficient (Wildman–Crippen LogP) is 3.66. The van der Waals surface area contributed by atoms with Gasteiger partial charge < -0.3 is 9.64 Å². The van der Waals surface area contributed by atoms with Crippen molar-refractivity contribution in [1.82, 2.24) is 4.98 Å². The summed E-state index contributed by atoms with van der Waals surface area (Å²) in [4.78, 5) is 6.28. The molecule has 0 N–H and O–H groups in total. The van der Waals surface area contributed by atoms with Gasteiger partial charge in [-0.2, -0.15) is 0 Å². The zero-order chi connectivity index (χ0) is 12.4. The van der Waals surface area contributed by atoms with Gasteiger partial charge in [-0.15, -0.1) is 0 Å². The van der Waals surface area contributed by atoms with Crippen LogP contribution in [0.1, 0.15) is 12.8 Å². The lowest BCUT2D eigenvalue weighted by atomic mass is 10.1. The van der Waals surface area contributed by atoms with Crippen LogP contribution in [0.25, 0.3) is 0 Å². The van der Waals surface area contributed by atoms with Crippen molar-refractivity contribution in [2.75, 3.05) is 25.2 Å². The molecule has 3 nitrogen and oxygen atoms in total. The molecular weight excluding hydrogens is 282 g/mol. The lowest BCUT2D eigenvalue weighted by molar-refractivity contribution is 0.0853. The second-order valence-corrected chi connectivity index (χ2v) is 5.19. The SMILES string of the molecule is CN(c1nc(Cl)c(Cl)cc1Cl)C1CCOCC1. The van der Waals surface area contributed by atoms with E-state index in [1.807, 2.05) is 11.9 Å². The van der Waals surface area contributed by atoms with E-state index in [9.17, 15) is 0 Å². The molecule has 1 saturated heterocycles. The van der Waals surface area contributed by atoms with Crippen molar-refractivity contribution in [3.8, 4) is 0 Å². The molecule has 0 aliphatic carbocycles. The number of aromatic nitrogens is 1. The molecule has 0 unspecified atom stereocenters. The van der Waals surface area contributed by atoms with Crippen LogP contribution >= 0.6 is 34.8 Å². The van der Waals surface area contributed by atoms with Gasteiger partial charge in [0.1, 0.15) is 11.0 Å². The zero-order valence-electron chi connectivity index (χ0n) is 9.42. The van der Waals surface area contributed by atoms with Gasteiger partial charge in [0.25, 0.3) is 0 Å². The van der Waals surface area contributed by atoms with Gasteiger partial charge in [-0.3, -0.25) is 0 Å². The van der Waals surface area contributed by atoms with Crippen molar-refractivity contribution in [3.63, 3.8) is 0 Å². The molecule has 1 aromatic rings. The molecule has 1 aromatic heterocycles. The van der Waals surface area contributed by atoms with Crippen LogP contribution in [-0.2, 0) is 4.74 Å². The fourth-order valence-corrected chi connectivity index (χ4v) is 2.55. The van der Waals surface area contributed by atoms with E-state index in [1.54, 1.807) is 6.07 Å². The zero-order valence-corrected chi connectivity index (χ0v) is 11.7. The number of pyridine rings is 1. The Labute approximate surface area is 116 Å². The Morgan fingerprint density at radius 3 is 2.53 bits per heavy atom. The van der Waals surface area contributed by atoms with E-state index in [-0.39, 0.29) is 5.15 Å². The fraction of sp³-hybridized carbons (Fsp3) is 0.545. The van der Waals surface area contributed by atoms with Gasteiger partial charge in [-0.05, 0) is 18.9 Å². The Hall–Kier alpha value is -0.220. The summed E-state index contributed by atoms with van der Waals surface area (Å²) in [6.45, 7) is 1.54. The molecular formula is C11H13Cl3N2O. The van der Waals surface area contributed by atoms with Gasteiger partial charge in [0, 0.05) is 26.3 Å². The molecule has 1 aliphatic rings. The normalized spacial score (nSPS) is 17.2. The molecule has 0 radical (unpaired) electrons. The lowest BCUT2D eigenvalue weighted by Gasteiger charge is -2.32. The molecule has 0 bridgehead atoms. The number of rotatable bonds is 2. The number of ether oxygens (including phenoxy) is 1. The van der Waals surface area contributed by atoms with E-state index in [0.717, 1.165) is 26.1 Å². The standard InChI is InChI=1S/C11H13Cl3N2O/c1-16(7-2-4-17-5-3-7)11-9(13)6-8(12)10(14)15-11/h6-7H,2-5H2,1H3. The number of nitrogens with zero attached hydrogens (tertiary/aromatic N) is 2.